The van der Waals surface area contributed by atoms with Crippen LogP contribution in [0.1, 0.15) is 65.2 Å². The van der Waals surface area contributed by atoms with E-state index >= 15 is 0 Å². The number of likely N-dealkylation sites (N-methyl/N-ethyl adjacent to an activating group) is 1. The van der Waals surface area contributed by atoms with Crippen LogP contribution < -0.4 is 10.6 Å². The highest BCUT2D eigenvalue weighted by molar-refractivity contribution is 5.83. The van der Waals surface area contributed by atoms with E-state index in [1.165, 1.54) is 16.3 Å². The van der Waals surface area contributed by atoms with E-state index in [0.29, 0.717) is 19.5 Å². The smallest absolute Gasteiger partial charge is 0.315 e. The first-order chi connectivity index (χ1) is 25.9. The molecule has 1 fully saturated rings. The van der Waals surface area contributed by atoms with Gasteiger partial charge in [0, 0.05) is 37.7 Å². The number of aliphatic hydroxyl groups excluding tert-OH is 1. The van der Waals surface area contributed by atoms with E-state index < -0.39 is 6.29 Å². The third kappa shape index (κ3) is 9.02. The fraction of sp³-hybridized carbons (Fsp3) is 0.239. The topological polar surface area (TPSA) is 83.1 Å². The first kappa shape index (κ1) is 36.1. The van der Waals surface area contributed by atoms with Crippen LogP contribution in [0.4, 0.5) is 4.79 Å². The van der Waals surface area contributed by atoms with Gasteiger partial charge in [0.05, 0.1) is 18.8 Å². The molecular formula is C46H47N3O4. The van der Waals surface area contributed by atoms with Gasteiger partial charge in [-0.15, -0.1) is 0 Å². The summed E-state index contributed by atoms with van der Waals surface area (Å²) in [7, 11) is 2.16. The number of nitrogens with one attached hydrogen (secondary N) is 2. The molecule has 0 saturated carbocycles. The summed E-state index contributed by atoms with van der Waals surface area (Å²) in [5.74, 6) is 0. The molecule has 0 unspecified atom stereocenters. The Labute approximate surface area is 312 Å². The normalized spacial score (nSPS) is 17.8. The lowest BCUT2D eigenvalue weighted by Gasteiger charge is -2.39. The Morgan fingerprint density at radius 3 is 2.19 bits per heavy atom. The molecule has 0 aromatic heterocycles. The number of aliphatic hydroxyl groups is 1. The molecule has 4 atom stereocenters. The summed E-state index contributed by atoms with van der Waals surface area (Å²) in [4.78, 5) is 15.0. The summed E-state index contributed by atoms with van der Waals surface area (Å²) in [5, 5.41) is 18.1. The average molecular weight is 706 g/mol. The van der Waals surface area contributed by atoms with E-state index in [1.54, 1.807) is 0 Å². The lowest BCUT2D eigenvalue weighted by atomic mass is 9.97. The van der Waals surface area contributed by atoms with Crippen LogP contribution in [0.5, 0.6) is 0 Å². The zero-order valence-corrected chi connectivity index (χ0v) is 30.3. The predicted octanol–water partition coefficient (Wildman–Crippen LogP) is 9.24. The number of rotatable bonds is 12. The number of amides is 2. The van der Waals surface area contributed by atoms with Crippen molar-refractivity contribution in [1.82, 2.24) is 15.5 Å². The highest BCUT2D eigenvalue weighted by Gasteiger charge is 2.33. The fourth-order valence-corrected chi connectivity index (χ4v) is 7.03. The molecule has 0 radical (unpaired) electrons. The second kappa shape index (κ2) is 17.0. The molecule has 1 aliphatic heterocycles. The molecule has 2 amide bonds. The van der Waals surface area contributed by atoms with Crippen LogP contribution in [0.2, 0.25) is 0 Å². The van der Waals surface area contributed by atoms with E-state index in [0.717, 1.165) is 45.5 Å². The van der Waals surface area contributed by atoms with Gasteiger partial charge in [-0.05, 0) is 69.8 Å². The third-order valence-electron chi connectivity index (χ3n) is 10.3. The summed E-state index contributed by atoms with van der Waals surface area (Å²) >= 11 is 0. The van der Waals surface area contributed by atoms with Gasteiger partial charge in [0.2, 0.25) is 0 Å². The van der Waals surface area contributed by atoms with E-state index in [9.17, 15) is 9.90 Å². The van der Waals surface area contributed by atoms with Crippen LogP contribution in [0.3, 0.4) is 0 Å². The summed E-state index contributed by atoms with van der Waals surface area (Å²) in [5.41, 5.74) is 8.32. The largest absolute Gasteiger partial charge is 0.392 e. The average Bonchev–Trinajstić information content (AvgIpc) is 3.22. The van der Waals surface area contributed by atoms with Gasteiger partial charge in [-0.2, -0.15) is 0 Å². The number of benzene rings is 6. The Morgan fingerprint density at radius 2 is 1.42 bits per heavy atom. The maximum Gasteiger partial charge on any atom is 0.315 e. The van der Waals surface area contributed by atoms with E-state index in [1.807, 2.05) is 72.8 Å². The summed E-state index contributed by atoms with van der Waals surface area (Å²) in [6.45, 7) is 3.85. The Kier molecular flexibility index (Phi) is 11.6. The number of hydrogen-bond donors (Lipinski definition) is 3. The zero-order valence-electron chi connectivity index (χ0n) is 30.3. The van der Waals surface area contributed by atoms with Gasteiger partial charge in [-0.25, -0.2) is 4.79 Å². The summed E-state index contributed by atoms with van der Waals surface area (Å²) in [6, 6.07) is 49.5. The molecule has 270 valence electrons. The van der Waals surface area contributed by atoms with Crippen molar-refractivity contribution in [3.63, 3.8) is 0 Å². The molecule has 7 rings (SSSR count). The highest BCUT2D eigenvalue weighted by Crippen LogP contribution is 2.39. The lowest BCUT2D eigenvalue weighted by molar-refractivity contribution is -0.253. The van der Waals surface area contributed by atoms with Crippen molar-refractivity contribution in [2.24, 2.45) is 0 Å². The molecular weight excluding hydrogens is 659 g/mol. The van der Waals surface area contributed by atoms with Crippen LogP contribution in [-0.2, 0) is 29.2 Å². The van der Waals surface area contributed by atoms with Gasteiger partial charge in [0.15, 0.2) is 6.29 Å². The van der Waals surface area contributed by atoms with Gasteiger partial charge in [0.1, 0.15) is 0 Å². The molecule has 0 bridgehead atoms. The SMILES string of the molecule is C[C@H](c1ccc2ccccc2c1)N(C)C[C@@H]1C[C@H](c2ccc(CO)cc2)O[C@H](c2ccc(-c3ccccc3CNC(=O)NCc3ccccc3)cc2)O1. The molecule has 1 saturated heterocycles. The zero-order chi connectivity index (χ0) is 36.6. The summed E-state index contributed by atoms with van der Waals surface area (Å²) < 4.78 is 13.4. The number of carbonyl (C=O) groups excluding carboxylic acids is 1. The minimum atomic E-state index is -0.556. The molecule has 7 nitrogen and oxygen atoms in total. The van der Waals surface area contributed by atoms with Crippen LogP contribution >= 0.6 is 0 Å². The number of carbonyl (C=O) groups is 1. The Bertz CT molecular complexity index is 2100. The minimum absolute atomic E-state index is 0.00458. The Balaban J connectivity index is 1.05. The van der Waals surface area contributed by atoms with Crippen molar-refractivity contribution in [2.45, 2.75) is 57.6 Å². The fourth-order valence-electron chi connectivity index (χ4n) is 7.03. The van der Waals surface area contributed by atoms with Crippen molar-refractivity contribution in [1.29, 1.82) is 0 Å². The molecule has 3 N–H and O–H groups in total. The van der Waals surface area contributed by atoms with Crippen molar-refractivity contribution >= 4 is 16.8 Å². The van der Waals surface area contributed by atoms with Crippen LogP contribution in [-0.4, -0.2) is 35.7 Å². The van der Waals surface area contributed by atoms with Crippen LogP contribution in [0, 0.1) is 0 Å². The number of urea groups is 1. The van der Waals surface area contributed by atoms with E-state index in [4.69, 9.17) is 9.47 Å². The van der Waals surface area contributed by atoms with Gasteiger partial charge < -0.3 is 25.2 Å². The number of hydrogen-bond acceptors (Lipinski definition) is 5. The summed E-state index contributed by atoms with van der Waals surface area (Å²) in [6.07, 6.45) is -0.0970. The number of nitrogens with zero attached hydrogens (tertiary/aromatic N) is 1. The molecule has 53 heavy (non-hydrogen) atoms. The lowest BCUT2D eigenvalue weighted by Crippen LogP contribution is -2.38. The molecule has 6 aromatic rings. The standard InChI is InChI=1S/C46H47N3O4/c1-32(39-25-20-35-12-6-7-13-40(35)26-39)49(2)30-42-27-44(37-18-16-34(31-50)17-19-37)53-45(52-42)38-23-21-36(22-24-38)43-15-9-8-14-41(43)29-48-46(51)47-28-33-10-4-3-5-11-33/h3-26,32,42,44-45,50H,27-31H2,1-2H3,(H2,47,48,51)/t32-,42+,44-,45-/m1/s1. The second-order valence-electron chi connectivity index (χ2n) is 13.9. The van der Waals surface area contributed by atoms with Crippen LogP contribution in [0.25, 0.3) is 21.9 Å². The van der Waals surface area contributed by atoms with Crippen LogP contribution in [0.15, 0.2) is 146 Å². The van der Waals surface area contributed by atoms with Crippen molar-refractivity contribution < 1.29 is 19.4 Å². The van der Waals surface area contributed by atoms with E-state index in [2.05, 4.69) is 102 Å². The molecule has 1 heterocycles. The maximum atomic E-state index is 12.6. The van der Waals surface area contributed by atoms with E-state index in [-0.39, 0.29) is 30.9 Å². The molecule has 1 aliphatic rings. The molecule has 0 aliphatic carbocycles. The second-order valence-corrected chi connectivity index (χ2v) is 13.9. The van der Waals surface area contributed by atoms with Gasteiger partial charge in [-0.3, -0.25) is 4.90 Å². The monoisotopic (exact) mass is 705 g/mol. The first-order valence-electron chi connectivity index (χ1n) is 18.4. The molecule has 6 aromatic carbocycles. The highest BCUT2D eigenvalue weighted by atomic mass is 16.7. The van der Waals surface area contributed by atoms with Gasteiger partial charge in [0.25, 0.3) is 0 Å². The van der Waals surface area contributed by atoms with Crippen molar-refractivity contribution in [2.75, 3.05) is 13.6 Å². The van der Waals surface area contributed by atoms with Gasteiger partial charge >= 0.3 is 6.03 Å². The van der Waals surface area contributed by atoms with Gasteiger partial charge in [-0.1, -0.05) is 140 Å². The quantitative estimate of drug-likeness (QED) is 0.118. The van der Waals surface area contributed by atoms with Crippen molar-refractivity contribution in [3.8, 4) is 11.1 Å². The molecule has 0 spiro atoms. The first-order valence-corrected chi connectivity index (χ1v) is 18.4. The predicted molar refractivity (Wildman–Crippen MR) is 211 cm³/mol. The number of fused-ring (bicyclic) bond motifs is 1. The third-order valence-corrected chi connectivity index (χ3v) is 10.3. The Morgan fingerprint density at radius 1 is 0.736 bits per heavy atom. The minimum Gasteiger partial charge on any atom is -0.392 e. The van der Waals surface area contributed by atoms with Crippen molar-refractivity contribution in [3.05, 3.63) is 179 Å². The number of ether oxygens (including phenoxy) is 2. The maximum absolute atomic E-state index is 12.6. The molecule has 7 heteroatoms. The Hall–Kier alpha value is -5.31.